The maximum absolute atomic E-state index is 12.4. The normalized spacial score (nSPS) is 22.1. The molecule has 7 heteroatoms. The standard InChI is InChI=1S/C18H26N6O/c1-23(13-17(25)21-18(14-19)8-2-3-9-18)12-15-6-5-11-24(15)16-7-4-10-20-22-16/h4,7,10,15H,2-3,5-6,8-9,11-13H2,1H3,(H,21,25)/t15-/m0/s1. The predicted octanol–water partition coefficient (Wildman–Crippen LogP) is 1.33. The van der Waals surface area contributed by atoms with Gasteiger partial charge in [0.05, 0.1) is 12.6 Å². The lowest BCUT2D eigenvalue weighted by molar-refractivity contribution is -0.123. The molecule has 0 aromatic carbocycles. The van der Waals surface area contributed by atoms with Crippen LogP contribution in [0.2, 0.25) is 0 Å². The molecule has 7 nitrogen and oxygen atoms in total. The second kappa shape index (κ2) is 7.79. The molecule has 1 aromatic rings. The molecule has 2 aliphatic rings. The van der Waals surface area contributed by atoms with E-state index < -0.39 is 5.54 Å². The largest absolute Gasteiger partial charge is 0.351 e. The smallest absolute Gasteiger partial charge is 0.235 e. The summed E-state index contributed by atoms with van der Waals surface area (Å²) in [7, 11) is 1.96. The van der Waals surface area contributed by atoms with Crippen LogP contribution in [0.3, 0.4) is 0 Å². The van der Waals surface area contributed by atoms with Gasteiger partial charge >= 0.3 is 0 Å². The van der Waals surface area contributed by atoms with Crippen molar-refractivity contribution in [3.05, 3.63) is 18.3 Å². The van der Waals surface area contributed by atoms with Crippen molar-refractivity contribution in [1.29, 1.82) is 5.26 Å². The Bertz CT molecular complexity index is 622. The zero-order valence-electron chi connectivity index (χ0n) is 14.8. The number of nitrogens with one attached hydrogen (secondary N) is 1. The second-order valence-electron chi connectivity index (χ2n) is 7.22. The minimum atomic E-state index is -0.642. The van der Waals surface area contributed by atoms with E-state index in [2.05, 4.69) is 26.5 Å². The van der Waals surface area contributed by atoms with E-state index in [-0.39, 0.29) is 5.91 Å². The van der Waals surface area contributed by atoms with Gasteiger partial charge in [0.2, 0.25) is 5.91 Å². The Kier molecular flexibility index (Phi) is 5.49. The number of likely N-dealkylation sites (N-methyl/N-ethyl adjacent to an activating group) is 1. The maximum atomic E-state index is 12.4. The van der Waals surface area contributed by atoms with Gasteiger partial charge < -0.3 is 10.2 Å². The summed E-state index contributed by atoms with van der Waals surface area (Å²) in [4.78, 5) is 16.7. The summed E-state index contributed by atoms with van der Waals surface area (Å²) in [6, 6.07) is 6.53. The van der Waals surface area contributed by atoms with Crippen molar-refractivity contribution >= 4 is 11.7 Å². The van der Waals surface area contributed by atoms with E-state index in [0.717, 1.165) is 57.4 Å². The molecule has 134 valence electrons. The summed E-state index contributed by atoms with van der Waals surface area (Å²) < 4.78 is 0. The first-order valence-corrected chi connectivity index (χ1v) is 9.07. The van der Waals surface area contributed by atoms with Gasteiger partial charge in [-0.1, -0.05) is 0 Å². The van der Waals surface area contributed by atoms with Gasteiger partial charge in [-0.3, -0.25) is 9.69 Å². The van der Waals surface area contributed by atoms with E-state index in [0.29, 0.717) is 12.6 Å². The average molecular weight is 342 g/mol. The molecule has 2 fully saturated rings. The van der Waals surface area contributed by atoms with Crippen molar-refractivity contribution in [2.75, 3.05) is 31.6 Å². The summed E-state index contributed by atoms with van der Waals surface area (Å²) in [5.74, 6) is 0.840. The van der Waals surface area contributed by atoms with Crippen molar-refractivity contribution in [2.24, 2.45) is 0 Å². The van der Waals surface area contributed by atoms with Crippen LogP contribution >= 0.6 is 0 Å². The topological polar surface area (TPSA) is 85.2 Å². The molecule has 1 aliphatic heterocycles. The number of carbonyl (C=O) groups is 1. The Morgan fingerprint density at radius 3 is 2.96 bits per heavy atom. The van der Waals surface area contributed by atoms with E-state index in [9.17, 15) is 10.1 Å². The first-order chi connectivity index (χ1) is 12.1. The Balaban J connectivity index is 1.52. The average Bonchev–Trinajstić information content (AvgIpc) is 3.25. The second-order valence-corrected chi connectivity index (χ2v) is 7.22. The number of rotatable bonds is 6. The fraction of sp³-hybridized carbons (Fsp3) is 0.667. The molecular weight excluding hydrogens is 316 g/mol. The zero-order chi connectivity index (χ0) is 17.7. The summed E-state index contributed by atoms with van der Waals surface area (Å²) in [6.07, 6.45) is 7.45. The van der Waals surface area contributed by atoms with Gasteiger partial charge in [-0.2, -0.15) is 10.4 Å². The van der Waals surface area contributed by atoms with Crippen LogP contribution in [0.5, 0.6) is 0 Å². The fourth-order valence-corrected chi connectivity index (χ4v) is 3.99. The van der Waals surface area contributed by atoms with Crippen LogP contribution in [0.1, 0.15) is 38.5 Å². The number of nitrogens with zero attached hydrogens (tertiary/aromatic N) is 5. The molecule has 1 saturated carbocycles. The number of carbonyl (C=O) groups excluding carboxylic acids is 1. The molecule has 1 saturated heterocycles. The van der Waals surface area contributed by atoms with Crippen LogP contribution < -0.4 is 10.2 Å². The number of anilines is 1. The number of nitriles is 1. The van der Waals surface area contributed by atoms with E-state index in [4.69, 9.17) is 0 Å². The molecule has 1 aliphatic carbocycles. The SMILES string of the molecule is CN(CC(=O)NC1(C#N)CCCC1)C[C@@H]1CCCN1c1cccnn1. The van der Waals surface area contributed by atoms with Gasteiger partial charge in [-0.15, -0.1) is 5.10 Å². The highest BCUT2D eigenvalue weighted by molar-refractivity contribution is 5.79. The molecule has 0 spiro atoms. The number of amides is 1. The first-order valence-electron chi connectivity index (χ1n) is 9.07. The predicted molar refractivity (Wildman–Crippen MR) is 94.9 cm³/mol. The molecule has 0 unspecified atom stereocenters. The molecule has 1 amide bonds. The van der Waals surface area contributed by atoms with Crippen molar-refractivity contribution in [3.63, 3.8) is 0 Å². The van der Waals surface area contributed by atoms with Crippen LogP contribution in [0.15, 0.2) is 18.3 Å². The van der Waals surface area contributed by atoms with Gasteiger partial charge in [0.15, 0.2) is 5.82 Å². The quantitative estimate of drug-likeness (QED) is 0.839. The van der Waals surface area contributed by atoms with Gasteiger partial charge in [0, 0.05) is 25.3 Å². The van der Waals surface area contributed by atoms with E-state index in [1.165, 1.54) is 0 Å². The molecule has 1 atom stereocenters. The molecule has 25 heavy (non-hydrogen) atoms. The van der Waals surface area contributed by atoms with Gasteiger partial charge in [-0.25, -0.2) is 0 Å². The third-order valence-electron chi connectivity index (χ3n) is 5.22. The Hall–Kier alpha value is -2.20. The third-order valence-corrected chi connectivity index (χ3v) is 5.22. The summed E-state index contributed by atoms with van der Waals surface area (Å²) in [5, 5.41) is 20.5. The van der Waals surface area contributed by atoms with Crippen LogP contribution in [0.25, 0.3) is 0 Å². The fourth-order valence-electron chi connectivity index (χ4n) is 3.99. The molecule has 2 heterocycles. The van der Waals surface area contributed by atoms with Crippen molar-refractivity contribution in [2.45, 2.75) is 50.1 Å². The minimum absolute atomic E-state index is 0.0602. The molecule has 1 aromatic heterocycles. The molecule has 1 N–H and O–H groups in total. The minimum Gasteiger partial charge on any atom is -0.351 e. The lowest BCUT2D eigenvalue weighted by atomic mass is 10.00. The van der Waals surface area contributed by atoms with Crippen LogP contribution in [0, 0.1) is 11.3 Å². The van der Waals surface area contributed by atoms with Crippen LogP contribution in [0.4, 0.5) is 5.82 Å². The Morgan fingerprint density at radius 2 is 2.28 bits per heavy atom. The highest BCUT2D eigenvalue weighted by Gasteiger charge is 2.35. The maximum Gasteiger partial charge on any atom is 0.235 e. The van der Waals surface area contributed by atoms with Crippen molar-refractivity contribution in [1.82, 2.24) is 20.4 Å². The van der Waals surface area contributed by atoms with Crippen LogP contribution in [-0.4, -0.2) is 59.3 Å². The van der Waals surface area contributed by atoms with E-state index in [1.807, 2.05) is 24.1 Å². The van der Waals surface area contributed by atoms with Gasteiger partial charge in [0.25, 0.3) is 0 Å². The number of hydrogen-bond donors (Lipinski definition) is 1. The molecule has 0 bridgehead atoms. The number of aromatic nitrogens is 2. The van der Waals surface area contributed by atoms with Crippen molar-refractivity contribution < 1.29 is 4.79 Å². The van der Waals surface area contributed by atoms with Gasteiger partial charge in [0.1, 0.15) is 5.54 Å². The Morgan fingerprint density at radius 1 is 1.48 bits per heavy atom. The Labute approximate surface area is 149 Å². The number of hydrogen-bond acceptors (Lipinski definition) is 6. The van der Waals surface area contributed by atoms with Crippen molar-refractivity contribution in [3.8, 4) is 6.07 Å². The van der Waals surface area contributed by atoms with Crippen LogP contribution in [-0.2, 0) is 4.79 Å². The van der Waals surface area contributed by atoms with E-state index >= 15 is 0 Å². The lowest BCUT2D eigenvalue weighted by Crippen LogP contribution is -2.50. The third kappa shape index (κ3) is 4.26. The molecule has 3 rings (SSSR count). The molecular formula is C18H26N6O. The molecule has 0 radical (unpaired) electrons. The van der Waals surface area contributed by atoms with E-state index in [1.54, 1.807) is 6.20 Å². The highest BCUT2D eigenvalue weighted by Crippen LogP contribution is 2.29. The monoisotopic (exact) mass is 342 g/mol. The zero-order valence-corrected chi connectivity index (χ0v) is 14.8. The highest BCUT2D eigenvalue weighted by atomic mass is 16.2. The summed E-state index contributed by atoms with van der Waals surface area (Å²) >= 11 is 0. The summed E-state index contributed by atoms with van der Waals surface area (Å²) in [5.41, 5.74) is -0.642. The van der Waals surface area contributed by atoms with Gasteiger partial charge in [-0.05, 0) is 57.7 Å². The first kappa shape index (κ1) is 17.6. The summed E-state index contributed by atoms with van der Waals surface area (Å²) in [6.45, 7) is 2.08. The lowest BCUT2D eigenvalue weighted by Gasteiger charge is -2.29.